The molecule has 0 unspecified atom stereocenters. The third-order valence-electron chi connectivity index (χ3n) is 3.89. The fraction of sp³-hybridized carbons (Fsp3) is 0.600. The Balaban J connectivity index is 2.11. The molecule has 1 saturated carbocycles. The number of nitrogens with zero attached hydrogens (tertiary/aromatic N) is 1. The molecule has 0 amide bonds. The van der Waals surface area contributed by atoms with Gasteiger partial charge in [-0.2, -0.15) is 0 Å². The maximum absolute atomic E-state index is 11.1. The van der Waals surface area contributed by atoms with Crippen LogP contribution in [-0.2, 0) is 6.42 Å². The summed E-state index contributed by atoms with van der Waals surface area (Å²) in [6, 6.07) is 3.30. The molecule has 0 bridgehead atoms. The van der Waals surface area contributed by atoms with Crippen LogP contribution in [0.25, 0.3) is 0 Å². The first-order valence-corrected chi connectivity index (χ1v) is 7.00. The van der Waals surface area contributed by atoms with Crippen LogP contribution in [0.3, 0.4) is 0 Å². The molecule has 2 rings (SSSR count). The number of rotatable bonds is 6. The van der Waals surface area contributed by atoms with Crippen LogP contribution in [0.5, 0.6) is 0 Å². The fourth-order valence-electron chi connectivity index (χ4n) is 2.45. The summed E-state index contributed by atoms with van der Waals surface area (Å²) in [6.45, 7) is 5.20. The van der Waals surface area contributed by atoms with E-state index >= 15 is 0 Å². The maximum atomic E-state index is 11.1. The first kappa shape index (κ1) is 13.8. The smallest absolute Gasteiger partial charge is 0.335 e. The predicted molar refractivity (Wildman–Crippen MR) is 75.6 cm³/mol. The van der Waals surface area contributed by atoms with Crippen molar-refractivity contribution in [1.29, 1.82) is 0 Å². The molecule has 19 heavy (non-hydrogen) atoms. The standard InChI is InChI=1S/C15H22N2O2/c1-3-5-12-8-11(14(18)19)9-13(17-12)16-10-15(2)6-4-7-15/h8-9H,3-7,10H2,1-2H3,(H,16,17)(H,18,19). The van der Waals surface area contributed by atoms with Gasteiger partial charge >= 0.3 is 5.97 Å². The second-order valence-corrected chi connectivity index (χ2v) is 5.81. The van der Waals surface area contributed by atoms with E-state index < -0.39 is 5.97 Å². The zero-order chi connectivity index (χ0) is 13.9. The van der Waals surface area contributed by atoms with Gasteiger partial charge in [0.05, 0.1) is 5.56 Å². The summed E-state index contributed by atoms with van der Waals surface area (Å²) in [4.78, 5) is 15.6. The molecule has 0 aliphatic heterocycles. The molecule has 1 aliphatic rings. The van der Waals surface area contributed by atoms with Crippen LogP contribution in [-0.4, -0.2) is 22.6 Å². The highest BCUT2D eigenvalue weighted by Gasteiger charge is 2.31. The van der Waals surface area contributed by atoms with Gasteiger partial charge in [-0.15, -0.1) is 0 Å². The average Bonchev–Trinajstić information content (AvgIpc) is 2.34. The number of hydrogen-bond acceptors (Lipinski definition) is 3. The SMILES string of the molecule is CCCc1cc(C(=O)O)cc(NCC2(C)CCC2)n1. The molecule has 0 saturated heterocycles. The van der Waals surface area contributed by atoms with Crippen LogP contribution in [0.1, 0.15) is 55.6 Å². The maximum Gasteiger partial charge on any atom is 0.335 e. The van der Waals surface area contributed by atoms with E-state index in [2.05, 4.69) is 24.1 Å². The molecule has 4 nitrogen and oxygen atoms in total. The first-order valence-electron chi connectivity index (χ1n) is 7.00. The first-order chi connectivity index (χ1) is 9.02. The number of aromatic carboxylic acids is 1. The van der Waals surface area contributed by atoms with Crippen LogP contribution in [0, 0.1) is 5.41 Å². The summed E-state index contributed by atoms with van der Waals surface area (Å²) in [7, 11) is 0. The molecule has 4 heteroatoms. The third kappa shape index (κ3) is 3.46. The zero-order valence-corrected chi connectivity index (χ0v) is 11.7. The number of aromatic nitrogens is 1. The topological polar surface area (TPSA) is 62.2 Å². The van der Waals surface area contributed by atoms with E-state index in [9.17, 15) is 4.79 Å². The zero-order valence-electron chi connectivity index (χ0n) is 11.7. The molecule has 1 fully saturated rings. The second-order valence-electron chi connectivity index (χ2n) is 5.81. The normalized spacial score (nSPS) is 16.7. The largest absolute Gasteiger partial charge is 0.478 e. The van der Waals surface area contributed by atoms with Crippen molar-refractivity contribution in [3.05, 3.63) is 23.4 Å². The van der Waals surface area contributed by atoms with Gasteiger partial charge < -0.3 is 10.4 Å². The molecule has 2 N–H and O–H groups in total. The molecule has 1 aromatic heterocycles. The number of aryl methyl sites for hydroxylation is 1. The highest BCUT2D eigenvalue weighted by molar-refractivity contribution is 5.88. The lowest BCUT2D eigenvalue weighted by atomic mass is 9.70. The van der Waals surface area contributed by atoms with Crippen molar-refractivity contribution in [1.82, 2.24) is 4.98 Å². The van der Waals surface area contributed by atoms with Crippen LogP contribution in [0.4, 0.5) is 5.82 Å². The van der Waals surface area contributed by atoms with Crippen molar-refractivity contribution >= 4 is 11.8 Å². The number of hydrogen-bond donors (Lipinski definition) is 2. The van der Waals surface area contributed by atoms with Gasteiger partial charge in [-0.05, 0) is 36.8 Å². The van der Waals surface area contributed by atoms with E-state index in [1.165, 1.54) is 19.3 Å². The van der Waals surface area contributed by atoms with Gasteiger partial charge in [0.2, 0.25) is 0 Å². The van der Waals surface area contributed by atoms with Gasteiger partial charge in [0.15, 0.2) is 0 Å². The van der Waals surface area contributed by atoms with E-state index in [1.54, 1.807) is 12.1 Å². The van der Waals surface area contributed by atoms with Gasteiger partial charge in [0.1, 0.15) is 5.82 Å². The Hall–Kier alpha value is -1.58. The highest BCUT2D eigenvalue weighted by Crippen LogP contribution is 2.40. The molecular formula is C15H22N2O2. The number of nitrogens with one attached hydrogen (secondary N) is 1. The van der Waals surface area contributed by atoms with Crippen molar-refractivity contribution in [2.75, 3.05) is 11.9 Å². The van der Waals surface area contributed by atoms with Crippen molar-refractivity contribution in [3.8, 4) is 0 Å². The summed E-state index contributed by atoms with van der Waals surface area (Å²) in [6.07, 6.45) is 5.54. The lowest BCUT2D eigenvalue weighted by Gasteiger charge is -2.38. The molecule has 1 aromatic rings. The van der Waals surface area contributed by atoms with Gasteiger partial charge in [-0.3, -0.25) is 0 Å². The van der Waals surface area contributed by atoms with Gasteiger partial charge in [0, 0.05) is 12.2 Å². The van der Waals surface area contributed by atoms with E-state index in [0.717, 1.165) is 25.1 Å². The minimum Gasteiger partial charge on any atom is -0.478 e. The number of carbonyl (C=O) groups is 1. The Labute approximate surface area is 114 Å². The Kier molecular flexibility index (Phi) is 4.08. The summed E-state index contributed by atoms with van der Waals surface area (Å²) >= 11 is 0. The highest BCUT2D eigenvalue weighted by atomic mass is 16.4. The van der Waals surface area contributed by atoms with Crippen LogP contribution >= 0.6 is 0 Å². The van der Waals surface area contributed by atoms with Crippen molar-refractivity contribution in [2.24, 2.45) is 5.41 Å². The summed E-state index contributed by atoms with van der Waals surface area (Å²) < 4.78 is 0. The molecule has 1 heterocycles. The molecule has 0 atom stereocenters. The quantitative estimate of drug-likeness (QED) is 0.825. The minimum absolute atomic E-state index is 0.319. The van der Waals surface area contributed by atoms with E-state index in [4.69, 9.17) is 5.11 Å². The third-order valence-corrected chi connectivity index (χ3v) is 3.89. The second kappa shape index (κ2) is 5.59. The van der Waals surface area contributed by atoms with E-state index in [-0.39, 0.29) is 0 Å². The number of carboxylic acid groups (broad SMARTS) is 1. The van der Waals surface area contributed by atoms with Crippen LogP contribution in [0.2, 0.25) is 0 Å². The van der Waals surface area contributed by atoms with Crippen molar-refractivity contribution in [3.63, 3.8) is 0 Å². The van der Waals surface area contributed by atoms with Crippen LogP contribution < -0.4 is 5.32 Å². The minimum atomic E-state index is -0.891. The lowest BCUT2D eigenvalue weighted by Crippen LogP contribution is -2.33. The lowest BCUT2D eigenvalue weighted by molar-refractivity contribution is 0.0696. The monoisotopic (exact) mass is 262 g/mol. The van der Waals surface area contributed by atoms with E-state index in [1.807, 2.05) is 0 Å². The van der Waals surface area contributed by atoms with Gasteiger partial charge in [0.25, 0.3) is 0 Å². The predicted octanol–water partition coefficient (Wildman–Crippen LogP) is 3.33. The number of carboxylic acids is 1. The van der Waals surface area contributed by atoms with Gasteiger partial charge in [-0.1, -0.05) is 26.7 Å². The number of anilines is 1. The van der Waals surface area contributed by atoms with Crippen LogP contribution in [0.15, 0.2) is 12.1 Å². The summed E-state index contributed by atoms with van der Waals surface area (Å²) in [5.74, 6) is -0.200. The Bertz CT molecular complexity index is 467. The van der Waals surface area contributed by atoms with E-state index in [0.29, 0.717) is 16.8 Å². The summed E-state index contributed by atoms with van der Waals surface area (Å²) in [5.41, 5.74) is 1.52. The Morgan fingerprint density at radius 1 is 1.47 bits per heavy atom. The molecule has 1 aliphatic carbocycles. The Morgan fingerprint density at radius 2 is 2.21 bits per heavy atom. The molecule has 0 radical (unpaired) electrons. The molecule has 0 aromatic carbocycles. The Morgan fingerprint density at radius 3 is 2.74 bits per heavy atom. The average molecular weight is 262 g/mol. The number of pyridine rings is 1. The van der Waals surface area contributed by atoms with Gasteiger partial charge in [-0.25, -0.2) is 9.78 Å². The molecule has 0 spiro atoms. The fourth-order valence-corrected chi connectivity index (χ4v) is 2.45. The molecule has 104 valence electrons. The van der Waals surface area contributed by atoms with Crippen molar-refractivity contribution < 1.29 is 9.90 Å². The molecular weight excluding hydrogens is 240 g/mol. The van der Waals surface area contributed by atoms with Crippen molar-refractivity contribution in [2.45, 2.75) is 46.0 Å². The summed E-state index contributed by atoms with van der Waals surface area (Å²) in [5, 5.41) is 12.4.